The maximum absolute atomic E-state index is 4.65. The number of aromatic nitrogens is 2. The SMILES string of the molecule is CNc1cc(N(C)C2CCCCC2C)nc(SC)n1. The third kappa shape index (κ3) is 3.32. The molecule has 1 saturated carbocycles. The fraction of sp³-hybridized carbons (Fsp3) is 0.714. The normalized spacial score (nSPS) is 23.2. The largest absolute Gasteiger partial charge is 0.373 e. The van der Waals surface area contributed by atoms with Crippen molar-refractivity contribution in [3.63, 3.8) is 0 Å². The van der Waals surface area contributed by atoms with Gasteiger partial charge in [0.25, 0.3) is 0 Å². The Balaban J connectivity index is 2.24. The van der Waals surface area contributed by atoms with Gasteiger partial charge in [-0.25, -0.2) is 9.97 Å². The molecule has 0 bridgehead atoms. The Kier molecular flexibility index (Phi) is 4.91. The van der Waals surface area contributed by atoms with Gasteiger partial charge in [0.2, 0.25) is 0 Å². The number of rotatable bonds is 4. The Bertz CT molecular complexity index is 402. The maximum atomic E-state index is 4.65. The zero-order valence-corrected chi connectivity index (χ0v) is 13.1. The highest BCUT2D eigenvalue weighted by Crippen LogP contribution is 2.30. The van der Waals surface area contributed by atoms with Crippen LogP contribution >= 0.6 is 11.8 Å². The predicted octanol–water partition coefficient (Wildman–Crippen LogP) is 3.26. The summed E-state index contributed by atoms with van der Waals surface area (Å²) in [7, 11) is 4.07. The van der Waals surface area contributed by atoms with Gasteiger partial charge in [0.1, 0.15) is 11.6 Å². The third-order valence-corrected chi connectivity index (χ3v) is 4.60. The first kappa shape index (κ1) is 14.4. The van der Waals surface area contributed by atoms with Crippen LogP contribution < -0.4 is 10.2 Å². The number of nitrogens with zero attached hydrogens (tertiary/aromatic N) is 3. The molecular weight excluding hydrogens is 256 g/mol. The zero-order chi connectivity index (χ0) is 13.8. The van der Waals surface area contributed by atoms with Crippen LogP contribution in [0, 0.1) is 5.92 Å². The molecule has 1 fully saturated rings. The number of nitrogens with one attached hydrogen (secondary N) is 1. The summed E-state index contributed by atoms with van der Waals surface area (Å²) < 4.78 is 0. The van der Waals surface area contributed by atoms with Gasteiger partial charge in [-0.15, -0.1) is 0 Å². The molecule has 1 aliphatic rings. The molecule has 0 aromatic carbocycles. The molecule has 1 aromatic rings. The van der Waals surface area contributed by atoms with Gasteiger partial charge in [0, 0.05) is 26.2 Å². The van der Waals surface area contributed by atoms with E-state index < -0.39 is 0 Å². The molecule has 0 saturated heterocycles. The summed E-state index contributed by atoms with van der Waals surface area (Å²) in [5.74, 6) is 2.66. The van der Waals surface area contributed by atoms with Crippen molar-refractivity contribution in [1.82, 2.24) is 9.97 Å². The van der Waals surface area contributed by atoms with Gasteiger partial charge in [-0.2, -0.15) is 0 Å². The number of hydrogen-bond acceptors (Lipinski definition) is 5. The van der Waals surface area contributed by atoms with Gasteiger partial charge < -0.3 is 10.2 Å². The van der Waals surface area contributed by atoms with Crippen molar-refractivity contribution in [1.29, 1.82) is 0 Å². The average Bonchev–Trinajstić information content (AvgIpc) is 2.46. The third-order valence-electron chi connectivity index (χ3n) is 4.06. The summed E-state index contributed by atoms with van der Waals surface area (Å²) in [6.07, 6.45) is 7.31. The van der Waals surface area contributed by atoms with Gasteiger partial charge in [0.05, 0.1) is 0 Å². The lowest BCUT2D eigenvalue weighted by molar-refractivity contribution is 0.320. The van der Waals surface area contributed by atoms with E-state index in [0.29, 0.717) is 6.04 Å². The molecule has 0 aliphatic heterocycles. The summed E-state index contributed by atoms with van der Waals surface area (Å²) >= 11 is 1.59. The van der Waals surface area contributed by atoms with Crippen LogP contribution in [0.3, 0.4) is 0 Å². The summed E-state index contributed by atoms with van der Waals surface area (Å²) in [4.78, 5) is 11.4. The van der Waals surface area contributed by atoms with Crippen LogP contribution in [-0.4, -0.2) is 36.4 Å². The molecule has 1 aromatic heterocycles. The Morgan fingerprint density at radius 2 is 2.05 bits per heavy atom. The maximum Gasteiger partial charge on any atom is 0.191 e. The van der Waals surface area contributed by atoms with Crippen molar-refractivity contribution in [2.75, 3.05) is 30.6 Å². The molecule has 106 valence electrons. The van der Waals surface area contributed by atoms with Gasteiger partial charge in [-0.1, -0.05) is 31.5 Å². The molecule has 0 radical (unpaired) electrons. The predicted molar refractivity (Wildman–Crippen MR) is 83.2 cm³/mol. The van der Waals surface area contributed by atoms with E-state index in [4.69, 9.17) is 0 Å². The standard InChI is InChI=1S/C14H24N4S/c1-10-7-5-6-8-11(10)18(3)13-9-12(15-2)16-14(17-13)19-4/h9-11H,5-8H2,1-4H3,(H,15,16,17). The number of thioether (sulfide) groups is 1. The second kappa shape index (κ2) is 6.46. The summed E-state index contributed by atoms with van der Waals surface area (Å²) in [5, 5.41) is 3.95. The minimum Gasteiger partial charge on any atom is -0.373 e. The highest BCUT2D eigenvalue weighted by Gasteiger charge is 2.26. The fourth-order valence-electron chi connectivity index (χ4n) is 2.85. The highest BCUT2D eigenvalue weighted by molar-refractivity contribution is 7.98. The molecule has 2 unspecified atom stereocenters. The van der Waals surface area contributed by atoms with Crippen LogP contribution in [0.4, 0.5) is 11.6 Å². The Morgan fingerprint density at radius 1 is 1.32 bits per heavy atom. The molecule has 1 aliphatic carbocycles. The smallest absolute Gasteiger partial charge is 0.191 e. The highest BCUT2D eigenvalue weighted by atomic mass is 32.2. The monoisotopic (exact) mass is 280 g/mol. The van der Waals surface area contributed by atoms with Crippen molar-refractivity contribution < 1.29 is 0 Å². The lowest BCUT2D eigenvalue weighted by Crippen LogP contribution is -2.39. The van der Waals surface area contributed by atoms with Crippen molar-refractivity contribution in [2.45, 2.75) is 43.8 Å². The molecule has 1 heterocycles. The molecule has 2 atom stereocenters. The molecule has 2 rings (SSSR count). The average molecular weight is 280 g/mol. The summed E-state index contributed by atoms with van der Waals surface area (Å²) in [6, 6.07) is 2.64. The molecule has 5 heteroatoms. The topological polar surface area (TPSA) is 41.0 Å². The van der Waals surface area contributed by atoms with Gasteiger partial charge in [-0.05, 0) is 25.0 Å². The van der Waals surface area contributed by atoms with Crippen LogP contribution in [0.1, 0.15) is 32.6 Å². The first-order chi connectivity index (χ1) is 9.15. The molecule has 0 amide bonds. The summed E-state index contributed by atoms with van der Waals surface area (Å²) in [6.45, 7) is 2.36. The molecule has 4 nitrogen and oxygen atoms in total. The molecule has 0 spiro atoms. The first-order valence-electron chi connectivity index (χ1n) is 6.99. The number of anilines is 2. The van der Waals surface area contributed by atoms with Crippen LogP contribution in [0.2, 0.25) is 0 Å². The molecule has 1 N–H and O–H groups in total. The van der Waals surface area contributed by atoms with Crippen molar-refractivity contribution >= 4 is 23.4 Å². The quantitative estimate of drug-likeness (QED) is 0.677. The Labute approximate surface area is 120 Å². The van der Waals surface area contributed by atoms with Gasteiger partial charge in [0.15, 0.2) is 5.16 Å². The van der Waals surface area contributed by atoms with E-state index in [9.17, 15) is 0 Å². The van der Waals surface area contributed by atoms with Crippen LogP contribution in [0.5, 0.6) is 0 Å². The van der Waals surface area contributed by atoms with E-state index in [0.717, 1.165) is 22.7 Å². The van der Waals surface area contributed by atoms with E-state index in [1.807, 2.05) is 19.4 Å². The van der Waals surface area contributed by atoms with Gasteiger partial charge in [-0.3, -0.25) is 0 Å². The van der Waals surface area contributed by atoms with Crippen LogP contribution in [0.25, 0.3) is 0 Å². The second-order valence-electron chi connectivity index (χ2n) is 5.29. The minimum absolute atomic E-state index is 0.600. The van der Waals surface area contributed by atoms with Crippen molar-refractivity contribution in [2.24, 2.45) is 5.92 Å². The van der Waals surface area contributed by atoms with E-state index in [1.54, 1.807) is 11.8 Å². The number of hydrogen-bond donors (Lipinski definition) is 1. The second-order valence-corrected chi connectivity index (χ2v) is 6.06. The van der Waals surface area contributed by atoms with Crippen molar-refractivity contribution in [3.8, 4) is 0 Å². The minimum atomic E-state index is 0.600. The van der Waals surface area contributed by atoms with E-state index in [-0.39, 0.29) is 0 Å². The van der Waals surface area contributed by atoms with Crippen molar-refractivity contribution in [3.05, 3.63) is 6.07 Å². The molecule has 19 heavy (non-hydrogen) atoms. The summed E-state index contributed by atoms with van der Waals surface area (Å²) in [5.41, 5.74) is 0. The zero-order valence-electron chi connectivity index (χ0n) is 12.3. The lowest BCUT2D eigenvalue weighted by atomic mass is 9.85. The fourth-order valence-corrected chi connectivity index (χ4v) is 3.23. The molecular formula is C14H24N4S. The Hall–Kier alpha value is -0.970. The van der Waals surface area contributed by atoms with Gasteiger partial charge >= 0.3 is 0 Å². The van der Waals surface area contributed by atoms with E-state index >= 15 is 0 Å². The van der Waals surface area contributed by atoms with Crippen LogP contribution in [-0.2, 0) is 0 Å². The van der Waals surface area contributed by atoms with E-state index in [2.05, 4.69) is 34.2 Å². The van der Waals surface area contributed by atoms with Crippen LogP contribution in [0.15, 0.2) is 11.2 Å². The lowest BCUT2D eigenvalue weighted by Gasteiger charge is -2.37. The van der Waals surface area contributed by atoms with E-state index in [1.165, 1.54) is 25.7 Å². The Morgan fingerprint density at radius 3 is 2.68 bits per heavy atom. The first-order valence-corrected chi connectivity index (χ1v) is 8.22.